The summed E-state index contributed by atoms with van der Waals surface area (Å²) in [6.45, 7) is 5.89. The topological polar surface area (TPSA) is 90.6 Å². The fraction of sp³-hybridized carbons (Fsp3) is 0.562. The molecule has 2 rings (SSSR count). The van der Waals surface area contributed by atoms with Crippen LogP contribution in [0.5, 0.6) is 0 Å². The van der Waals surface area contributed by atoms with E-state index in [1.807, 2.05) is 0 Å². The summed E-state index contributed by atoms with van der Waals surface area (Å²) in [6, 6.07) is 0. The Bertz CT molecular complexity index is 665. The van der Waals surface area contributed by atoms with Crippen molar-refractivity contribution in [3.05, 3.63) is 16.0 Å². The Morgan fingerprint density at radius 3 is 2.24 bits per heavy atom. The fourth-order valence-electron chi connectivity index (χ4n) is 2.84. The maximum atomic E-state index is 12.4. The second kappa shape index (κ2) is 8.41. The van der Waals surface area contributed by atoms with Gasteiger partial charge in [-0.15, -0.1) is 11.3 Å². The van der Waals surface area contributed by atoms with Gasteiger partial charge in [-0.2, -0.15) is 0 Å². The molecule has 8 nitrogen and oxygen atoms in total. The van der Waals surface area contributed by atoms with E-state index in [-0.39, 0.29) is 16.3 Å². The highest BCUT2D eigenvalue weighted by Gasteiger charge is 2.28. The number of thiophene rings is 1. The van der Waals surface area contributed by atoms with Crippen molar-refractivity contribution in [3.63, 3.8) is 0 Å². The Morgan fingerprint density at radius 1 is 1.08 bits per heavy atom. The average molecular weight is 371 g/mol. The minimum Gasteiger partial charge on any atom is -0.465 e. The molecule has 0 unspecified atom stereocenters. The lowest BCUT2D eigenvalue weighted by molar-refractivity contribution is -0.999. The van der Waals surface area contributed by atoms with Crippen LogP contribution in [0.4, 0.5) is 5.00 Å². The molecule has 0 spiro atoms. The van der Waals surface area contributed by atoms with Gasteiger partial charge < -0.3 is 24.6 Å². The van der Waals surface area contributed by atoms with Gasteiger partial charge in [0.25, 0.3) is 5.91 Å². The molecule has 1 aliphatic heterocycles. The number of carbonyl (C=O) groups is 3. The van der Waals surface area contributed by atoms with Crippen molar-refractivity contribution >= 4 is 34.2 Å². The molecule has 25 heavy (non-hydrogen) atoms. The third-order valence-electron chi connectivity index (χ3n) is 4.38. The lowest BCUT2D eigenvalue weighted by atomic mass is 10.1. The summed E-state index contributed by atoms with van der Waals surface area (Å²) in [5.41, 5.74) is 0.661. The second-order valence-corrected chi connectivity index (χ2v) is 7.20. The lowest BCUT2D eigenvalue weighted by Crippen LogP contribution is -3.27. The lowest BCUT2D eigenvalue weighted by Gasteiger charge is -2.26. The number of methoxy groups -OCH3 is 2. The smallest absolute Gasteiger partial charge is 0.348 e. The van der Waals surface area contributed by atoms with Crippen LogP contribution in [0.3, 0.4) is 0 Å². The van der Waals surface area contributed by atoms with Crippen LogP contribution in [-0.2, 0) is 14.3 Å². The molecule has 1 aromatic heterocycles. The quantitative estimate of drug-likeness (QED) is 0.520. The van der Waals surface area contributed by atoms with Crippen LogP contribution in [0.25, 0.3) is 0 Å². The van der Waals surface area contributed by atoms with E-state index in [9.17, 15) is 14.4 Å². The first-order chi connectivity index (χ1) is 11.9. The number of piperazine rings is 1. The van der Waals surface area contributed by atoms with Crippen LogP contribution in [0.15, 0.2) is 0 Å². The Hall–Kier alpha value is -1.97. The number of anilines is 1. The van der Waals surface area contributed by atoms with Gasteiger partial charge in [0.05, 0.1) is 26.8 Å². The molecule has 0 bridgehead atoms. The maximum absolute atomic E-state index is 12.4. The third kappa shape index (κ3) is 4.56. The van der Waals surface area contributed by atoms with Crippen LogP contribution in [0.2, 0.25) is 0 Å². The number of carbonyl (C=O) groups excluding carboxylic acids is 3. The van der Waals surface area contributed by atoms with E-state index in [4.69, 9.17) is 9.47 Å². The Labute approximate surface area is 150 Å². The molecule has 0 radical (unpaired) electrons. The molecule has 0 aromatic carbocycles. The highest BCUT2D eigenvalue weighted by molar-refractivity contribution is 7.18. The van der Waals surface area contributed by atoms with Crippen molar-refractivity contribution in [1.29, 1.82) is 0 Å². The van der Waals surface area contributed by atoms with E-state index in [2.05, 4.69) is 12.4 Å². The zero-order valence-electron chi connectivity index (χ0n) is 15.0. The minimum atomic E-state index is -0.588. The van der Waals surface area contributed by atoms with Crippen molar-refractivity contribution in [2.75, 3.05) is 59.3 Å². The molecule has 3 N–H and O–H groups in total. The van der Waals surface area contributed by atoms with Crippen molar-refractivity contribution in [3.8, 4) is 0 Å². The van der Waals surface area contributed by atoms with Gasteiger partial charge in [-0.05, 0) is 12.5 Å². The number of nitrogens with one attached hydrogen (secondary N) is 3. The van der Waals surface area contributed by atoms with Gasteiger partial charge in [0.2, 0.25) is 0 Å². The normalized spacial score (nSPS) is 20.0. The number of hydrogen-bond acceptors (Lipinski definition) is 6. The monoisotopic (exact) mass is 371 g/mol. The van der Waals surface area contributed by atoms with Crippen molar-refractivity contribution in [1.82, 2.24) is 0 Å². The van der Waals surface area contributed by atoms with E-state index in [0.717, 1.165) is 37.5 Å². The van der Waals surface area contributed by atoms with Gasteiger partial charge >= 0.3 is 11.9 Å². The summed E-state index contributed by atoms with van der Waals surface area (Å²) in [5.74, 6) is -1.31. The standard InChI is InChI=1S/C16H23N3O5S/c1-10-12(15(21)23-3)14(25-13(10)16(22)24-4)17-11(20)9-19-7-5-18(2)6-8-19/h5-9H2,1-4H3,(H,17,20)/p+2. The molecule has 0 aliphatic carbocycles. The number of amides is 1. The van der Waals surface area contributed by atoms with E-state index in [0.29, 0.717) is 17.1 Å². The summed E-state index contributed by atoms with van der Waals surface area (Å²) in [6.07, 6.45) is 0. The zero-order valence-corrected chi connectivity index (χ0v) is 15.8. The summed E-state index contributed by atoms with van der Waals surface area (Å²) < 4.78 is 9.52. The van der Waals surface area contributed by atoms with Crippen LogP contribution in [0.1, 0.15) is 25.6 Å². The Balaban J connectivity index is 2.15. The number of quaternary nitrogens is 2. The van der Waals surface area contributed by atoms with Crippen LogP contribution in [-0.4, -0.2) is 71.8 Å². The second-order valence-electron chi connectivity index (χ2n) is 6.18. The minimum absolute atomic E-state index is 0.183. The predicted molar refractivity (Wildman–Crippen MR) is 92.5 cm³/mol. The van der Waals surface area contributed by atoms with Gasteiger partial charge in [-0.1, -0.05) is 0 Å². The molecule has 138 valence electrons. The summed E-state index contributed by atoms with van der Waals surface area (Å²) in [5, 5.41) is 3.10. The molecule has 0 saturated carbocycles. The first-order valence-corrected chi connectivity index (χ1v) is 8.93. The maximum Gasteiger partial charge on any atom is 0.348 e. The molecule has 1 saturated heterocycles. The van der Waals surface area contributed by atoms with Gasteiger partial charge in [-0.25, -0.2) is 9.59 Å². The highest BCUT2D eigenvalue weighted by Crippen LogP contribution is 2.34. The third-order valence-corrected chi connectivity index (χ3v) is 5.57. The molecule has 1 fully saturated rings. The van der Waals surface area contributed by atoms with Gasteiger partial charge in [0.15, 0.2) is 6.54 Å². The Kier molecular flexibility index (Phi) is 6.51. The summed E-state index contributed by atoms with van der Waals surface area (Å²) >= 11 is 1.03. The predicted octanol–water partition coefficient (Wildman–Crippen LogP) is -2.02. The number of hydrogen-bond donors (Lipinski definition) is 3. The molecule has 1 aliphatic rings. The summed E-state index contributed by atoms with van der Waals surface area (Å²) in [7, 11) is 4.68. The molecular weight excluding hydrogens is 346 g/mol. The largest absolute Gasteiger partial charge is 0.465 e. The molecule has 1 aromatic rings. The number of rotatable bonds is 5. The van der Waals surface area contributed by atoms with Crippen LogP contribution >= 0.6 is 11.3 Å². The van der Waals surface area contributed by atoms with Crippen molar-refractivity contribution < 1.29 is 33.7 Å². The van der Waals surface area contributed by atoms with E-state index in [1.54, 1.807) is 6.92 Å². The average Bonchev–Trinajstić information content (AvgIpc) is 2.91. The molecular formula is C16H25N3O5S+2. The van der Waals surface area contributed by atoms with Gasteiger partial charge in [-0.3, -0.25) is 4.79 Å². The molecule has 2 heterocycles. The van der Waals surface area contributed by atoms with Crippen LogP contribution < -0.4 is 15.1 Å². The van der Waals surface area contributed by atoms with Crippen LogP contribution in [0, 0.1) is 6.92 Å². The SMILES string of the molecule is COC(=O)c1sc(NC(=O)C[NH+]2CC[NH+](C)CC2)c(C(=O)OC)c1C. The fourth-order valence-corrected chi connectivity index (χ4v) is 3.97. The number of likely N-dealkylation sites (N-methyl/N-ethyl adjacent to an activating group) is 1. The molecule has 0 atom stereocenters. The number of esters is 2. The Morgan fingerprint density at radius 2 is 1.68 bits per heavy atom. The summed E-state index contributed by atoms with van der Waals surface area (Å²) in [4.78, 5) is 39.3. The van der Waals surface area contributed by atoms with Crippen molar-refractivity contribution in [2.24, 2.45) is 0 Å². The van der Waals surface area contributed by atoms with E-state index < -0.39 is 11.9 Å². The zero-order chi connectivity index (χ0) is 18.6. The van der Waals surface area contributed by atoms with E-state index in [1.165, 1.54) is 24.0 Å². The molecule has 1 amide bonds. The first kappa shape index (κ1) is 19.4. The van der Waals surface area contributed by atoms with Crippen molar-refractivity contribution in [2.45, 2.75) is 6.92 Å². The first-order valence-electron chi connectivity index (χ1n) is 8.12. The van der Waals surface area contributed by atoms with Gasteiger partial charge in [0.1, 0.15) is 36.1 Å². The molecule has 9 heteroatoms. The van der Waals surface area contributed by atoms with E-state index >= 15 is 0 Å². The number of ether oxygens (including phenoxy) is 2. The highest BCUT2D eigenvalue weighted by atomic mass is 32.1. The van der Waals surface area contributed by atoms with Gasteiger partial charge in [0, 0.05) is 0 Å².